The number of rotatable bonds is 4. The smallest absolute Gasteiger partial charge is 0.141 e. The van der Waals surface area contributed by atoms with E-state index in [4.69, 9.17) is 0 Å². The molecule has 1 aromatic rings. The number of nitrogens with one attached hydrogen (secondary N) is 1. The van der Waals surface area contributed by atoms with Crippen LogP contribution < -0.4 is 5.32 Å². The molecule has 2 aliphatic rings. The minimum atomic E-state index is 0.542. The molecule has 1 saturated carbocycles. The Kier molecular flexibility index (Phi) is 3.11. The average Bonchev–Trinajstić information content (AvgIpc) is 2.99. The first-order chi connectivity index (χ1) is 7.92. The van der Waals surface area contributed by atoms with Crippen LogP contribution in [0.15, 0.2) is 12.3 Å². The number of hydrogen-bond acceptors (Lipinski definition) is 4. The molecule has 1 aliphatic carbocycles. The molecule has 1 aliphatic heterocycles. The van der Waals surface area contributed by atoms with E-state index < -0.39 is 0 Å². The van der Waals surface area contributed by atoms with Crippen LogP contribution in [0.1, 0.15) is 42.5 Å². The fourth-order valence-corrected chi connectivity index (χ4v) is 3.20. The quantitative estimate of drug-likeness (QED) is 0.869. The Hall–Kier alpha value is -0.610. The molecule has 16 heavy (non-hydrogen) atoms. The van der Waals surface area contributed by atoms with Gasteiger partial charge in [0.1, 0.15) is 5.82 Å². The maximum absolute atomic E-state index is 4.66. The molecule has 1 saturated heterocycles. The van der Waals surface area contributed by atoms with Gasteiger partial charge >= 0.3 is 0 Å². The molecule has 0 radical (unpaired) electrons. The highest BCUT2D eigenvalue weighted by atomic mass is 32.2. The lowest BCUT2D eigenvalue weighted by atomic mass is 10.2. The van der Waals surface area contributed by atoms with Crippen molar-refractivity contribution in [2.24, 2.45) is 0 Å². The summed E-state index contributed by atoms with van der Waals surface area (Å²) < 4.78 is 0. The Morgan fingerprint density at radius 3 is 3.06 bits per heavy atom. The molecular formula is C12H17N3S. The highest BCUT2D eigenvalue weighted by Crippen LogP contribution is 2.37. The zero-order valence-electron chi connectivity index (χ0n) is 9.35. The van der Waals surface area contributed by atoms with Crippen molar-refractivity contribution in [2.75, 3.05) is 5.75 Å². The highest BCUT2D eigenvalue weighted by Gasteiger charge is 2.22. The van der Waals surface area contributed by atoms with Crippen molar-refractivity contribution < 1.29 is 0 Å². The molecule has 4 heteroatoms. The predicted molar refractivity (Wildman–Crippen MR) is 66.3 cm³/mol. The number of aromatic nitrogens is 2. The van der Waals surface area contributed by atoms with Crippen molar-refractivity contribution in [3.8, 4) is 0 Å². The van der Waals surface area contributed by atoms with Crippen LogP contribution in [-0.2, 0) is 6.54 Å². The third-order valence-electron chi connectivity index (χ3n) is 3.10. The SMILES string of the molecule is c1cc(CNC2CC2)nc(C2CCCS2)n1. The normalized spacial score (nSPS) is 24.9. The molecule has 3 nitrogen and oxygen atoms in total. The molecule has 1 unspecified atom stereocenters. The van der Waals surface area contributed by atoms with Gasteiger partial charge in [-0.15, -0.1) is 0 Å². The first kappa shape index (κ1) is 10.5. The van der Waals surface area contributed by atoms with Crippen molar-refractivity contribution in [1.29, 1.82) is 0 Å². The van der Waals surface area contributed by atoms with E-state index in [0.717, 1.165) is 24.1 Å². The van der Waals surface area contributed by atoms with E-state index in [1.165, 1.54) is 31.4 Å². The fraction of sp³-hybridized carbons (Fsp3) is 0.667. The molecule has 1 aromatic heterocycles. The Morgan fingerprint density at radius 2 is 2.31 bits per heavy atom. The molecule has 1 N–H and O–H groups in total. The standard InChI is InChI=1S/C12H17N3S/c1-2-11(16-7-1)12-13-6-5-10(15-12)8-14-9-3-4-9/h5-6,9,11,14H,1-4,7-8H2. The van der Waals surface area contributed by atoms with Gasteiger partial charge in [0, 0.05) is 18.8 Å². The second-order valence-electron chi connectivity index (χ2n) is 4.56. The topological polar surface area (TPSA) is 37.8 Å². The lowest BCUT2D eigenvalue weighted by molar-refractivity contribution is 0.663. The van der Waals surface area contributed by atoms with Crippen LogP contribution in [0, 0.1) is 0 Å². The van der Waals surface area contributed by atoms with Gasteiger partial charge in [0.05, 0.1) is 10.9 Å². The summed E-state index contributed by atoms with van der Waals surface area (Å²) in [5, 5.41) is 4.04. The molecular weight excluding hydrogens is 218 g/mol. The third kappa shape index (κ3) is 2.55. The molecule has 0 bridgehead atoms. The van der Waals surface area contributed by atoms with E-state index in [-0.39, 0.29) is 0 Å². The van der Waals surface area contributed by atoms with Crippen LogP contribution in [0.5, 0.6) is 0 Å². The van der Waals surface area contributed by atoms with Gasteiger partial charge in [-0.05, 0) is 37.5 Å². The Bertz CT molecular complexity index is 359. The first-order valence-corrected chi connectivity index (χ1v) is 7.13. The summed E-state index contributed by atoms with van der Waals surface area (Å²) >= 11 is 2.00. The van der Waals surface area contributed by atoms with E-state index in [1.807, 2.05) is 24.0 Å². The summed E-state index contributed by atoms with van der Waals surface area (Å²) in [4.78, 5) is 9.06. The summed E-state index contributed by atoms with van der Waals surface area (Å²) in [6.45, 7) is 0.900. The van der Waals surface area contributed by atoms with Gasteiger partial charge in [0.2, 0.25) is 0 Å². The molecule has 0 aromatic carbocycles. The zero-order valence-corrected chi connectivity index (χ0v) is 10.2. The predicted octanol–water partition coefficient (Wildman–Crippen LogP) is 2.30. The summed E-state index contributed by atoms with van der Waals surface area (Å²) in [5.41, 5.74) is 1.14. The molecule has 2 heterocycles. The Morgan fingerprint density at radius 1 is 1.38 bits per heavy atom. The van der Waals surface area contributed by atoms with E-state index >= 15 is 0 Å². The van der Waals surface area contributed by atoms with Crippen molar-refractivity contribution >= 4 is 11.8 Å². The monoisotopic (exact) mass is 235 g/mol. The van der Waals surface area contributed by atoms with Gasteiger partial charge in [-0.25, -0.2) is 9.97 Å². The lowest BCUT2D eigenvalue weighted by Crippen LogP contribution is -2.17. The second-order valence-corrected chi connectivity index (χ2v) is 5.87. The average molecular weight is 235 g/mol. The van der Waals surface area contributed by atoms with Crippen LogP contribution in [0.4, 0.5) is 0 Å². The highest BCUT2D eigenvalue weighted by molar-refractivity contribution is 7.99. The Balaban J connectivity index is 1.65. The first-order valence-electron chi connectivity index (χ1n) is 6.08. The minimum absolute atomic E-state index is 0.542. The molecule has 0 spiro atoms. The summed E-state index contributed by atoms with van der Waals surface area (Å²) in [7, 11) is 0. The van der Waals surface area contributed by atoms with Gasteiger partial charge in [-0.3, -0.25) is 0 Å². The largest absolute Gasteiger partial charge is 0.308 e. The Labute approximate surface area is 100 Å². The summed E-state index contributed by atoms with van der Waals surface area (Å²) in [6, 6.07) is 2.78. The fourth-order valence-electron chi connectivity index (χ4n) is 1.98. The van der Waals surface area contributed by atoms with Gasteiger partial charge < -0.3 is 5.32 Å². The van der Waals surface area contributed by atoms with Crippen LogP contribution >= 0.6 is 11.8 Å². The van der Waals surface area contributed by atoms with Gasteiger partial charge in [-0.1, -0.05) is 0 Å². The molecule has 2 fully saturated rings. The minimum Gasteiger partial charge on any atom is -0.308 e. The maximum Gasteiger partial charge on any atom is 0.141 e. The van der Waals surface area contributed by atoms with Crippen molar-refractivity contribution in [3.63, 3.8) is 0 Å². The zero-order chi connectivity index (χ0) is 10.8. The van der Waals surface area contributed by atoms with Gasteiger partial charge in [0.25, 0.3) is 0 Å². The van der Waals surface area contributed by atoms with E-state index in [2.05, 4.69) is 15.3 Å². The second kappa shape index (κ2) is 4.72. The number of nitrogens with zero attached hydrogens (tertiary/aromatic N) is 2. The molecule has 86 valence electrons. The number of hydrogen-bond donors (Lipinski definition) is 1. The third-order valence-corrected chi connectivity index (χ3v) is 4.47. The molecule has 0 amide bonds. The van der Waals surface area contributed by atoms with E-state index in [9.17, 15) is 0 Å². The van der Waals surface area contributed by atoms with Crippen molar-refractivity contribution in [3.05, 3.63) is 23.8 Å². The van der Waals surface area contributed by atoms with E-state index in [0.29, 0.717) is 5.25 Å². The van der Waals surface area contributed by atoms with E-state index in [1.54, 1.807) is 0 Å². The van der Waals surface area contributed by atoms with Gasteiger partial charge in [0.15, 0.2) is 0 Å². The van der Waals surface area contributed by atoms with Crippen LogP contribution in [0.25, 0.3) is 0 Å². The maximum atomic E-state index is 4.66. The number of thioether (sulfide) groups is 1. The lowest BCUT2D eigenvalue weighted by Gasteiger charge is -2.08. The van der Waals surface area contributed by atoms with Crippen molar-refractivity contribution in [2.45, 2.75) is 43.5 Å². The van der Waals surface area contributed by atoms with Crippen LogP contribution in [0.3, 0.4) is 0 Å². The summed E-state index contributed by atoms with van der Waals surface area (Å²) in [5.74, 6) is 2.30. The van der Waals surface area contributed by atoms with Crippen LogP contribution in [-0.4, -0.2) is 21.8 Å². The van der Waals surface area contributed by atoms with Gasteiger partial charge in [-0.2, -0.15) is 11.8 Å². The molecule has 1 atom stereocenters. The molecule has 3 rings (SSSR count). The van der Waals surface area contributed by atoms with Crippen LogP contribution in [0.2, 0.25) is 0 Å². The van der Waals surface area contributed by atoms with Crippen molar-refractivity contribution in [1.82, 2.24) is 15.3 Å². The summed E-state index contributed by atoms with van der Waals surface area (Å²) in [6.07, 6.45) is 7.12.